The molecule has 3 rings (SSSR count). The first-order chi connectivity index (χ1) is 16.7. The van der Waals surface area contributed by atoms with E-state index in [1.165, 1.54) is 25.9 Å². The molecule has 0 N–H and O–H groups in total. The van der Waals surface area contributed by atoms with Gasteiger partial charge in [-0.15, -0.1) is 0 Å². The third kappa shape index (κ3) is 5.45. The second-order valence-electron chi connectivity index (χ2n) is 8.09. The van der Waals surface area contributed by atoms with Crippen molar-refractivity contribution in [1.82, 2.24) is 4.57 Å². The zero-order chi connectivity index (χ0) is 25.7. The average Bonchev–Trinajstić information content (AvgIpc) is 3.12. The number of oxazole rings is 1. The van der Waals surface area contributed by atoms with Gasteiger partial charge in [0, 0.05) is 13.5 Å². The number of halogens is 1. The molecule has 0 aliphatic heterocycles. The molecule has 0 radical (unpaired) electrons. The molecule has 9 heteroatoms. The summed E-state index contributed by atoms with van der Waals surface area (Å²) < 4.78 is 31.8. The number of allylic oxidation sites excluding steroid dienone is 1. The van der Waals surface area contributed by atoms with Crippen molar-refractivity contribution in [3.8, 4) is 5.75 Å². The minimum Gasteiger partial charge on any atom is -0.496 e. The summed E-state index contributed by atoms with van der Waals surface area (Å²) in [5.41, 5.74) is 5.11. The van der Waals surface area contributed by atoms with Gasteiger partial charge >= 0.3 is 11.7 Å². The average molecular weight is 485 g/mol. The minimum atomic E-state index is -0.816. The second-order valence-corrected chi connectivity index (χ2v) is 8.09. The van der Waals surface area contributed by atoms with Crippen molar-refractivity contribution in [2.24, 2.45) is 12.2 Å². The first-order valence-corrected chi connectivity index (χ1v) is 11.0. The molecule has 2 aromatic carbocycles. The normalized spacial score (nSPS) is 12.2. The zero-order valence-corrected chi connectivity index (χ0v) is 20.7. The van der Waals surface area contributed by atoms with Gasteiger partial charge in [0.25, 0.3) is 5.97 Å². The molecule has 0 aliphatic rings. The van der Waals surface area contributed by atoms with E-state index < -0.39 is 11.7 Å². The number of rotatable bonds is 9. The Morgan fingerprint density at radius 2 is 1.80 bits per heavy atom. The number of benzene rings is 2. The summed E-state index contributed by atoms with van der Waals surface area (Å²) in [6, 6.07) is 7.31. The Balaban J connectivity index is 2.21. The summed E-state index contributed by atoms with van der Waals surface area (Å²) in [7, 11) is 5.73. The SMILES string of the molecule is CO/N=C(\F)c1cc(/C(=C\CCCC(=O)OC)c2cc(C)c3oc(=O)n(C)c3c2)cc(C)c1OC. The number of nitrogens with zero attached hydrogens (tertiary/aromatic N) is 2. The summed E-state index contributed by atoms with van der Waals surface area (Å²) in [4.78, 5) is 28.3. The number of aryl methyl sites for hydroxylation is 3. The van der Waals surface area contributed by atoms with Crippen LogP contribution in [-0.2, 0) is 21.4 Å². The van der Waals surface area contributed by atoms with E-state index in [1.807, 2.05) is 38.1 Å². The van der Waals surface area contributed by atoms with Gasteiger partial charge in [-0.3, -0.25) is 9.36 Å². The minimum absolute atomic E-state index is 0.151. The smallest absolute Gasteiger partial charge is 0.419 e. The maximum absolute atomic E-state index is 14.8. The van der Waals surface area contributed by atoms with Crippen LogP contribution >= 0.6 is 0 Å². The molecule has 186 valence electrons. The first-order valence-electron chi connectivity index (χ1n) is 11.0. The Morgan fingerprint density at radius 1 is 1.11 bits per heavy atom. The van der Waals surface area contributed by atoms with Crippen molar-refractivity contribution in [3.05, 3.63) is 68.7 Å². The molecule has 8 nitrogen and oxygen atoms in total. The Hall–Kier alpha value is -3.88. The molecule has 0 amide bonds. The topological polar surface area (TPSA) is 92.3 Å². The number of carbonyl (C=O) groups excluding carboxylic acids is 1. The van der Waals surface area contributed by atoms with Gasteiger partial charge in [-0.2, -0.15) is 4.39 Å². The van der Waals surface area contributed by atoms with Crippen LogP contribution in [-0.4, -0.2) is 37.8 Å². The molecule has 0 unspecified atom stereocenters. The van der Waals surface area contributed by atoms with Gasteiger partial charge in [-0.1, -0.05) is 11.2 Å². The zero-order valence-electron chi connectivity index (χ0n) is 20.7. The Labute approximate surface area is 202 Å². The predicted octanol–water partition coefficient (Wildman–Crippen LogP) is 4.81. The van der Waals surface area contributed by atoms with Crippen LogP contribution < -0.4 is 10.5 Å². The quantitative estimate of drug-likeness (QED) is 0.187. The number of aromatic nitrogens is 1. The molecule has 0 aliphatic carbocycles. The maximum atomic E-state index is 14.8. The molecule has 0 fully saturated rings. The van der Waals surface area contributed by atoms with E-state index in [1.54, 1.807) is 13.1 Å². The lowest BCUT2D eigenvalue weighted by Gasteiger charge is -2.16. The molecule has 35 heavy (non-hydrogen) atoms. The molecule has 0 bridgehead atoms. The second kappa shape index (κ2) is 11.0. The van der Waals surface area contributed by atoms with Gasteiger partial charge in [-0.05, 0) is 78.8 Å². The summed E-state index contributed by atoms with van der Waals surface area (Å²) in [6.07, 6.45) is 3.40. The number of unbranched alkanes of at least 4 members (excludes halogenated alkanes) is 1. The summed E-state index contributed by atoms with van der Waals surface area (Å²) >= 11 is 0. The molecule has 0 saturated heterocycles. The first kappa shape index (κ1) is 25.7. The van der Waals surface area contributed by atoms with Crippen LogP contribution in [0.2, 0.25) is 0 Å². The largest absolute Gasteiger partial charge is 0.496 e. The van der Waals surface area contributed by atoms with E-state index in [4.69, 9.17) is 13.9 Å². The van der Waals surface area contributed by atoms with E-state index in [9.17, 15) is 14.0 Å². The molecule has 1 aromatic heterocycles. The fourth-order valence-electron chi connectivity index (χ4n) is 4.03. The lowest BCUT2D eigenvalue weighted by molar-refractivity contribution is -0.140. The van der Waals surface area contributed by atoms with Crippen molar-refractivity contribution in [3.63, 3.8) is 0 Å². The number of esters is 1. The Kier molecular flexibility index (Phi) is 8.11. The van der Waals surface area contributed by atoms with Crippen LogP contribution in [0, 0.1) is 13.8 Å². The van der Waals surface area contributed by atoms with E-state index >= 15 is 0 Å². The van der Waals surface area contributed by atoms with Crippen molar-refractivity contribution in [2.75, 3.05) is 21.3 Å². The van der Waals surface area contributed by atoms with Gasteiger partial charge in [0.2, 0.25) is 0 Å². The standard InChI is InChI=1S/C26H29FN2O6/c1-15-11-17(13-20(23(15)33-5)25(27)28-34-6)19(9-7-8-10-22(30)32-4)18-12-16(2)24-21(14-18)29(3)26(31)35-24/h9,11-14H,7-8,10H2,1-6H3/b19-9+,28-25-. The number of hydrogen-bond donors (Lipinski definition) is 0. The molecule has 0 atom stereocenters. The summed E-state index contributed by atoms with van der Waals surface area (Å²) in [5, 5.41) is 3.44. The number of oxime groups is 1. The lowest BCUT2D eigenvalue weighted by Crippen LogP contribution is -2.08. The van der Waals surface area contributed by atoms with Gasteiger partial charge in [-0.25, -0.2) is 4.79 Å². The highest BCUT2D eigenvalue weighted by Gasteiger charge is 2.19. The third-order valence-corrected chi connectivity index (χ3v) is 5.74. The van der Waals surface area contributed by atoms with Gasteiger partial charge in [0.1, 0.15) is 12.9 Å². The number of methoxy groups -OCH3 is 2. The molecule has 1 heterocycles. The molecular formula is C26H29FN2O6. The van der Waals surface area contributed by atoms with Crippen molar-refractivity contribution in [2.45, 2.75) is 33.1 Å². The molecule has 0 saturated carbocycles. The Bertz CT molecular complexity index is 1370. The van der Waals surface area contributed by atoms with Gasteiger partial charge in [0.05, 0.1) is 25.3 Å². The van der Waals surface area contributed by atoms with Crippen molar-refractivity contribution >= 4 is 28.6 Å². The maximum Gasteiger partial charge on any atom is 0.419 e. The monoisotopic (exact) mass is 484 g/mol. The summed E-state index contributed by atoms with van der Waals surface area (Å²) in [6.45, 7) is 3.67. The number of ether oxygens (including phenoxy) is 2. The van der Waals surface area contributed by atoms with E-state index in [2.05, 4.69) is 9.99 Å². The fourth-order valence-corrected chi connectivity index (χ4v) is 4.03. The third-order valence-electron chi connectivity index (χ3n) is 5.74. The highest BCUT2D eigenvalue weighted by atomic mass is 19.1. The van der Waals surface area contributed by atoms with Crippen molar-refractivity contribution in [1.29, 1.82) is 0 Å². The van der Waals surface area contributed by atoms with Crippen LogP contribution in [0.3, 0.4) is 0 Å². The molecule has 0 spiro atoms. The molecular weight excluding hydrogens is 455 g/mol. The van der Waals surface area contributed by atoms with Crippen molar-refractivity contribution < 1.29 is 27.9 Å². The highest BCUT2D eigenvalue weighted by molar-refractivity contribution is 5.98. The van der Waals surface area contributed by atoms with Crippen LogP contribution in [0.4, 0.5) is 4.39 Å². The molecule has 3 aromatic rings. The predicted molar refractivity (Wildman–Crippen MR) is 132 cm³/mol. The summed E-state index contributed by atoms with van der Waals surface area (Å²) in [5.74, 6) is -1.21. The van der Waals surface area contributed by atoms with Gasteiger partial charge in [0.15, 0.2) is 5.58 Å². The lowest BCUT2D eigenvalue weighted by atomic mass is 9.92. The van der Waals surface area contributed by atoms with Crippen LogP contribution in [0.1, 0.15) is 47.1 Å². The van der Waals surface area contributed by atoms with Crippen LogP contribution in [0.5, 0.6) is 5.75 Å². The van der Waals surface area contributed by atoms with E-state index in [0.29, 0.717) is 40.8 Å². The highest BCUT2D eigenvalue weighted by Crippen LogP contribution is 2.34. The number of carbonyl (C=O) groups is 1. The Morgan fingerprint density at radius 3 is 2.46 bits per heavy atom. The van der Waals surface area contributed by atoms with Gasteiger partial charge < -0.3 is 18.7 Å². The number of fused-ring (bicyclic) bond motifs is 1. The van der Waals surface area contributed by atoms with E-state index in [0.717, 1.165) is 16.7 Å². The van der Waals surface area contributed by atoms with Crippen LogP contribution in [0.15, 0.2) is 44.7 Å². The fraction of sp³-hybridized carbons (Fsp3) is 0.346. The van der Waals surface area contributed by atoms with Crippen LogP contribution in [0.25, 0.3) is 16.7 Å². The van der Waals surface area contributed by atoms with E-state index in [-0.39, 0.29) is 18.0 Å². The number of hydrogen-bond acceptors (Lipinski definition) is 7.